The summed E-state index contributed by atoms with van der Waals surface area (Å²) in [6.07, 6.45) is -0.677. The number of rotatable bonds is 9. The van der Waals surface area contributed by atoms with Crippen molar-refractivity contribution in [2.75, 3.05) is 13.6 Å². The van der Waals surface area contributed by atoms with E-state index in [9.17, 15) is 14.4 Å². The van der Waals surface area contributed by atoms with E-state index in [2.05, 4.69) is 10.6 Å². The van der Waals surface area contributed by atoms with E-state index in [0.29, 0.717) is 0 Å². The van der Waals surface area contributed by atoms with Gasteiger partial charge < -0.3 is 20.5 Å². The number of carboxylic acid groups (broad SMARTS) is 1. The summed E-state index contributed by atoms with van der Waals surface area (Å²) >= 11 is 0. The van der Waals surface area contributed by atoms with Crippen molar-refractivity contribution < 1.29 is 20.9 Å². The summed E-state index contributed by atoms with van der Waals surface area (Å²) in [6.45, 7) is 1.44. The molecule has 92 valence electrons. The van der Waals surface area contributed by atoms with Crippen molar-refractivity contribution in [1.29, 1.82) is 0 Å². The summed E-state index contributed by atoms with van der Waals surface area (Å²) in [7, 11) is 1.57. The van der Waals surface area contributed by atoms with Gasteiger partial charge in [-0.05, 0) is 20.4 Å². The number of hydrogen-bond acceptors (Lipinski definition) is 5. The summed E-state index contributed by atoms with van der Waals surface area (Å²) in [5.41, 5.74) is 0. The van der Waals surface area contributed by atoms with Gasteiger partial charge in [-0.2, -0.15) is 0 Å². The molecule has 0 aromatic rings. The van der Waals surface area contributed by atoms with Crippen LogP contribution in [0.1, 0.15) is 21.1 Å². The van der Waals surface area contributed by atoms with E-state index >= 15 is 0 Å². The third-order valence-corrected chi connectivity index (χ3v) is 2.14. The molecule has 0 amide bonds. The fourth-order valence-corrected chi connectivity index (χ4v) is 1.15. The quantitative estimate of drug-likeness (QED) is 0.449. The van der Waals surface area contributed by atoms with Gasteiger partial charge in [0, 0.05) is 6.42 Å². The molecule has 2 atom stereocenters. The highest BCUT2D eigenvalue weighted by Crippen LogP contribution is 1.98. The van der Waals surface area contributed by atoms with Crippen LogP contribution < -0.4 is 10.6 Å². The first-order chi connectivity index (χ1) is 7.88. The van der Waals surface area contributed by atoms with Gasteiger partial charge in [-0.15, -0.1) is 0 Å². The van der Waals surface area contributed by atoms with Crippen molar-refractivity contribution in [2.45, 2.75) is 31.8 Å². The van der Waals surface area contributed by atoms with Crippen LogP contribution in [0.25, 0.3) is 0 Å². The summed E-state index contributed by atoms with van der Waals surface area (Å²) < 4.78 is 6.81. The Hall–Kier alpha value is -1.27. The first-order valence-corrected chi connectivity index (χ1v) is 5.04. The lowest BCUT2D eigenvalue weighted by Crippen LogP contribution is -2.42. The molecule has 0 rings (SSSR count). The molecule has 0 fully saturated rings. The molecule has 0 radical (unpaired) electrons. The molecule has 3 N–H and O–H groups in total. The van der Waals surface area contributed by atoms with Crippen LogP contribution in [0, 0.1) is 0 Å². The Labute approximate surface area is 95.8 Å². The zero-order valence-electron chi connectivity index (χ0n) is 10.4. The molecule has 6 nitrogen and oxygen atoms in total. The fourth-order valence-electron chi connectivity index (χ4n) is 1.15. The van der Waals surface area contributed by atoms with Crippen molar-refractivity contribution in [2.24, 2.45) is 0 Å². The molecule has 0 aliphatic carbocycles. The minimum Gasteiger partial charge on any atom is -0.481 e. The number of carboxylic acids is 1. The number of likely N-dealkylation sites (N-methyl/N-ethyl adjacent to an activating group) is 1. The molecule has 0 heterocycles. The summed E-state index contributed by atoms with van der Waals surface area (Å²) in [6, 6.07) is -1.25. The second-order valence-corrected chi connectivity index (χ2v) is 3.46. The summed E-state index contributed by atoms with van der Waals surface area (Å²) in [4.78, 5) is 32.6. The third-order valence-electron chi connectivity index (χ3n) is 2.14. The van der Waals surface area contributed by atoms with E-state index in [1.807, 2.05) is 0 Å². The van der Waals surface area contributed by atoms with Crippen molar-refractivity contribution >= 4 is 18.0 Å². The molecule has 0 aliphatic heterocycles. The van der Waals surface area contributed by atoms with Crippen molar-refractivity contribution in [3.63, 3.8) is 0 Å². The Bertz CT molecular complexity index is 296. The normalized spacial score (nSPS) is 15.0. The predicted molar refractivity (Wildman–Crippen MR) is 58.3 cm³/mol. The number of hydrogen-bond donors (Lipinski definition) is 3. The van der Waals surface area contributed by atoms with Crippen molar-refractivity contribution in [3.8, 4) is 0 Å². The molecular formula is C10H18N2O4. The minimum absolute atomic E-state index is 0.0586. The van der Waals surface area contributed by atoms with Crippen LogP contribution in [0.15, 0.2) is 0 Å². The van der Waals surface area contributed by atoms with Crippen LogP contribution in [-0.4, -0.2) is 48.8 Å². The smallest absolute Gasteiger partial charge is 0.303 e. The van der Waals surface area contributed by atoms with E-state index in [0.717, 1.165) is 0 Å². The molecule has 0 aromatic carbocycles. The van der Waals surface area contributed by atoms with Gasteiger partial charge in [-0.1, -0.05) is 0 Å². The van der Waals surface area contributed by atoms with Crippen molar-refractivity contribution in [1.82, 2.24) is 10.6 Å². The molecule has 0 unspecified atom stereocenters. The van der Waals surface area contributed by atoms with Crippen LogP contribution in [-0.2, 0) is 14.4 Å². The van der Waals surface area contributed by atoms with Crippen LogP contribution in [0.4, 0.5) is 0 Å². The molecule has 0 bridgehead atoms. The number of aldehydes is 1. The van der Waals surface area contributed by atoms with Gasteiger partial charge in [0.15, 0.2) is 5.78 Å². The number of Topliss-reactive ketones (excluding diaryl/α,β-unsaturated/α-hetero) is 1. The standard InChI is InChI=1S/C10H18N2O4/c1-7(6-13)12-5-9(14)8(11-2)3-4-10(15)16/h6-8,11-12H,3-5H2,1-2H3,(H,15,16)/t7-,8-/m0/s1/i6D. The fraction of sp³-hybridized carbons (Fsp3) is 0.700. The molecule has 6 heteroatoms. The largest absolute Gasteiger partial charge is 0.481 e. The van der Waals surface area contributed by atoms with Gasteiger partial charge in [0.1, 0.15) is 7.63 Å². The Balaban J connectivity index is 4.08. The Morgan fingerprint density at radius 2 is 2.19 bits per heavy atom. The van der Waals surface area contributed by atoms with Gasteiger partial charge in [0.2, 0.25) is 0 Å². The number of nitrogens with one attached hydrogen (secondary N) is 2. The number of aliphatic carboxylic acids is 1. The predicted octanol–water partition coefficient (Wildman–Crippen LogP) is -0.815. The minimum atomic E-state index is -0.958. The van der Waals surface area contributed by atoms with E-state index in [1.165, 1.54) is 6.92 Å². The Morgan fingerprint density at radius 3 is 2.62 bits per heavy atom. The zero-order valence-corrected chi connectivity index (χ0v) is 9.45. The maximum absolute atomic E-state index is 11.6. The second-order valence-electron chi connectivity index (χ2n) is 3.46. The van der Waals surface area contributed by atoms with Crippen LogP contribution >= 0.6 is 0 Å². The number of ketones is 1. The lowest BCUT2D eigenvalue weighted by Gasteiger charge is -2.15. The molecule has 0 aliphatic rings. The summed E-state index contributed by atoms with van der Waals surface area (Å²) in [5.74, 6) is -1.18. The van der Waals surface area contributed by atoms with Crippen LogP contribution in [0.2, 0.25) is 0 Å². The Kier molecular flexibility index (Phi) is 6.36. The molecule has 0 aromatic heterocycles. The lowest BCUT2D eigenvalue weighted by molar-refractivity contribution is -0.137. The molecule has 0 saturated carbocycles. The van der Waals surface area contributed by atoms with Gasteiger partial charge in [-0.3, -0.25) is 9.59 Å². The lowest BCUT2D eigenvalue weighted by atomic mass is 10.1. The van der Waals surface area contributed by atoms with E-state index < -0.39 is 24.3 Å². The highest BCUT2D eigenvalue weighted by atomic mass is 16.4. The maximum atomic E-state index is 11.6. The van der Waals surface area contributed by atoms with Gasteiger partial charge in [-0.25, -0.2) is 0 Å². The number of carbonyl (C=O) groups excluding carboxylic acids is 2. The van der Waals surface area contributed by atoms with Gasteiger partial charge in [0.05, 0.1) is 18.6 Å². The van der Waals surface area contributed by atoms with Crippen molar-refractivity contribution in [3.05, 3.63) is 0 Å². The highest BCUT2D eigenvalue weighted by Gasteiger charge is 2.17. The SMILES string of the molecule is [2H]C(=O)[C@H](C)NCC(=O)[C@H](CCC(=O)O)NC. The number of carbonyl (C=O) groups is 3. The zero-order chi connectivity index (χ0) is 13.4. The average molecular weight is 231 g/mol. The van der Waals surface area contributed by atoms with E-state index in [1.54, 1.807) is 7.05 Å². The average Bonchev–Trinajstić information content (AvgIpc) is 2.25. The summed E-state index contributed by atoms with van der Waals surface area (Å²) in [5, 5.41) is 13.8. The molecule has 0 saturated heterocycles. The highest BCUT2D eigenvalue weighted by molar-refractivity contribution is 5.86. The topological polar surface area (TPSA) is 95.5 Å². The molecular weight excluding hydrogens is 212 g/mol. The van der Waals surface area contributed by atoms with Crippen LogP contribution in [0.5, 0.6) is 0 Å². The first-order valence-electron chi connectivity index (χ1n) is 5.54. The first kappa shape index (κ1) is 12.8. The third kappa shape index (κ3) is 6.26. The van der Waals surface area contributed by atoms with Crippen LogP contribution in [0.3, 0.4) is 0 Å². The molecule has 0 spiro atoms. The monoisotopic (exact) mass is 231 g/mol. The molecule has 16 heavy (non-hydrogen) atoms. The Morgan fingerprint density at radius 1 is 1.56 bits per heavy atom. The van der Waals surface area contributed by atoms with Gasteiger partial charge in [0.25, 0.3) is 0 Å². The van der Waals surface area contributed by atoms with E-state index in [-0.39, 0.29) is 25.2 Å². The second kappa shape index (κ2) is 7.95. The van der Waals surface area contributed by atoms with E-state index in [4.69, 9.17) is 6.48 Å². The maximum Gasteiger partial charge on any atom is 0.303 e. The van der Waals surface area contributed by atoms with Gasteiger partial charge >= 0.3 is 5.97 Å².